The lowest BCUT2D eigenvalue weighted by atomic mass is 10.0. The molecular formula is C78H74N2S7. The number of anilines is 6. The van der Waals surface area contributed by atoms with Gasteiger partial charge >= 0.3 is 0 Å². The molecule has 9 heteroatoms. The molecule has 2 nitrogen and oxygen atoms in total. The Morgan fingerprint density at radius 1 is 0.230 bits per heavy atom. The van der Waals surface area contributed by atoms with Crippen molar-refractivity contribution in [3.8, 4) is 59.9 Å². The first-order chi connectivity index (χ1) is 43.1. The zero-order chi connectivity index (χ0) is 58.7. The van der Waals surface area contributed by atoms with Crippen molar-refractivity contribution in [3.63, 3.8) is 0 Å². The van der Waals surface area contributed by atoms with E-state index in [1.54, 1.807) is 20.5 Å². The Balaban J connectivity index is 0.790. The van der Waals surface area contributed by atoms with Crippen LogP contribution in [0.2, 0.25) is 0 Å². The van der Waals surface area contributed by atoms with E-state index in [0.717, 1.165) is 47.0 Å². The molecule has 0 saturated carbocycles. The van der Waals surface area contributed by atoms with Gasteiger partial charge in [0.15, 0.2) is 0 Å². The van der Waals surface area contributed by atoms with Gasteiger partial charge in [-0.1, -0.05) is 188 Å². The van der Waals surface area contributed by atoms with Crippen molar-refractivity contribution in [1.29, 1.82) is 0 Å². The molecule has 0 radical (unpaired) electrons. The Morgan fingerprint density at radius 3 is 0.839 bits per heavy atom. The Labute approximate surface area is 543 Å². The molecule has 0 aliphatic heterocycles. The number of fused-ring (bicyclic) bond motifs is 3. The summed E-state index contributed by atoms with van der Waals surface area (Å²) in [7, 11) is 0. The summed E-state index contributed by atoms with van der Waals surface area (Å²) in [6.07, 6.45) is 20.8. The third-order valence-corrected chi connectivity index (χ3v) is 26.0. The molecule has 13 rings (SSSR count). The minimum absolute atomic E-state index is 1.15. The Bertz CT molecular complexity index is 3900. The third-order valence-electron chi connectivity index (χ3n) is 16.6. The molecule has 87 heavy (non-hydrogen) atoms. The topological polar surface area (TPSA) is 6.48 Å². The number of nitrogens with zero attached hydrogens (tertiary/aromatic N) is 2. The molecule has 0 aliphatic carbocycles. The zero-order valence-corrected chi connectivity index (χ0v) is 55.6. The summed E-state index contributed by atoms with van der Waals surface area (Å²) in [6, 6.07) is 80.0. The molecule has 0 bridgehead atoms. The second-order valence-electron chi connectivity index (χ2n) is 22.7. The van der Waals surface area contributed by atoms with Crippen LogP contribution >= 0.6 is 79.4 Å². The van der Waals surface area contributed by atoms with Gasteiger partial charge in [-0.25, -0.2) is 0 Å². The summed E-state index contributed by atoms with van der Waals surface area (Å²) >= 11 is 14.1. The zero-order valence-electron chi connectivity index (χ0n) is 49.9. The van der Waals surface area contributed by atoms with Crippen LogP contribution in [-0.4, -0.2) is 0 Å². The molecule has 438 valence electrons. The molecule has 0 atom stereocenters. The SMILES string of the molecule is CCCCCCCCCc1c(-c2ccc(-c3ccc(-c4ccc(N(c5ccccc5)c5ccccc5)cc4)s3)s2)sc2c1sc1c(CCCCCCCCC)c(-c3ccc(-c4ccc(-c5ccc(N(c6ccccc6)c6ccccc6)cc5)s4)s3)sc12. The summed E-state index contributed by atoms with van der Waals surface area (Å²) in [5, 5.41) is 0. The lowest BCUT2D eigenvalue weighted by Crippen LogP contribution is -2.09. The van der Waals surface area contributed by atoms with E-state index in [-0.39, 0.29) is 0 Å². The lowest BCUT2D eigenvalue weighted by Gasteiger charge is -2.25. The van der Waals surface area contributed by atoms with Crippen LogP contribution in [0.3, 0.4) is 0 Å². The highest BCUT2D eigenvalue weighted by Gasteiger charge is 2.26. The van der Waals surface area contributed by atoms with Crippen LogP contribution in [0.5, 0.6) is 0 Å². The van der Waals surface area contributed by atoms with Crippen LogP contribution in [0.25, 0.3) is 78.7 Å². The molecule has 13 aromatic rings. The normalized spacial score (nSPS) is 11.6. The van der Waals surface area contributed by atoms with E-state index < -0.39 is 0 Å². The number of rotatable bonds is 28. The second kappa shape index (κ2) is 28.7. The third kappa shape index (κ3) is 13.5. The highest BCUT2D eigenvalue weighted by Crippen LogP contribution is 2.56. The fraction of sp³-hybridized carbons (Fsp3) is 0.231. The van der Waals surface area contributed by atoms with Crippen molar-refractivity contribution in [2.75, 3.05) is 9.80 Å². The first-order valence-corrected chi connectivity index (χ1v) is 37.2. The van der Waals surface area contributed by atoms with Crippen LogP contribution in [0.15, 0.2) is 218 Å². The van der Waals surface area contributed by atoms with Gasteiger partial charge in [0.1, 0.15) is 0 Å². The standard InChI is InChI=1S/C78H74N2S7/c1-3-5-7-9-11-13-27-37-63-73(71-53-51-69(83-71)67-49-47-65(81-67)55-39-43-61(44-40-55)79(57-29-19-15-20-30-57)58-31-21-16-22-32-58)85-77-75(63)87-76-64(38-28-14-12-10-8-6-4-2)74(86-78(76)77)72-54-52-70(84-72)68-50-48-66(82-68)56-41-45-62(46-42-56)80(59-33-23-17-24-34-59)60-35-25-18-26-36-60/h15-26,29-36,39-54H,3-14,27-28,37-38H2,1-2H3. The van der Waals surface area contributed by atoms with E-state index in [1.807, 2.05) is 45.3 Å². The van der Waals surface area contributed by atoms with Crippen molar-refractivity contribution in [3.05, 3.63) is 230 Å². The Hall–Kier alpha value is -6.66. The molecule has 6 aromatic carbocycles. The van der Waals surface area contributed by atoms with Gasteiger partial charge < -0.3 is 9.80 Å². The van der Waals surface area contributed by atoms with Gasteiger partial charge in [0.25, 0.3) is 0 Å². The lowest BCUT2D eigenvalue weighted by molar-refractivity contribution is 0.590. The highest BCUT2D eigenvalue weighted by atomic mass is 32.1. The van der Waals surface area contributed by atoms with Gasteiger partial charge in [-0.3, -0.25) is 0 Å². The Morgan fingerprint density at radius 2 is 0.506 bits per heavy atom. The van der Waals surface area contributed by atoms with Crippen molar-refractivity contribution >= 4 is 132 Å². The van der Waals surface area contributed by atoms with Gasteiger partial charge in [0.05, 0.1) is 18.8 Å². The van der Waals surface area contributed by atoms with Crippen LogP contribution in [0.1, 0.15) is 115 Å². The van der Waals surface area contributed by atoms with E-state index in [2.05, 4.69) is 276 Å². The molecule has 0 N–H and O–H groups in total. The second-order valence-corrected chi connectivity index (χ2v) is 30.1. The van der Waals surface area contributed by atoms with Gasteiger partial charge in [-0.15, -0.1) is 79.4 Å². The average Bonchev–Trinajstić information content (AvgIpc) is 2.19. The molecule has 7 heterocycles. The summed E-state index contributed by atoms with van der Waals surface area (Å²) in [6.45, 7) is 4.64. The number of benzene rings is 6. The molecule has 0 aliphatic rings. The summed E-state index contributed by atoms with van der Waals surface area (Å²) in [5.74, 6) is 0. The van der Waals surface area contributed by atoms with Crippen molar-refractivity contribution < 1.29 is 0 Å². The summed E-state index contributed by atoms with van der Waals surface area (Å²) in [4.78, 5) is 18.5. The fourth-order valence-electron chi connectivity index (χ4n) is 12.1. The highest BCUT2D eigenvalue weighted by molar-refractivity contribution is 7.41. The first kappa shape index (κ1) is 59.3. The van der Waals surface area contributed by atoms with Crippen molar-refractivity contribution in [1.82, 2.24) is 0 Å². The molecule has 0 spiro atoms. The minimum Gasteiger partial charge on any atom is -0.311 e. The maximum atomic E-state index is 2.44. The quantitative estimate of drug-likeness (QED) is 0.0451. The summed E-state index contributed by atoms with van der Waals surface area (Å²) < 4.78 is 6.17. The fourth-order valence-corrected chi connectivity index (χ4v) is 21.2. The van der Waals surface area contributed by atoms with Crippen molar-refractivity contribution in [2.45, 2.75) is 117 Å². The largest absolute Gasteiger partial charge is 0.311 e. The number of hydrogen-bond acceptors (Lipinski definition) is 9. The van der Waals surface area contributed by atoms with Gasteiger partial charge in [0.2, 0.25) is 0 Å². The molecular weight excluding hydrogens is 1190 g/mol. The molecule has 0 amide bonds. The Kier molecular flexibility index (Phi) is 19.5. The smallest absolute Gasteiger partial charge is 0.0639 e. The van der Waals surface area contributed by atoms with Crippen LogP contribution < -0.4 is 9.80 Å². The molecule has 0 unspecified atom stereocenters. The van der Waals surface area contributed by atoms with Crippen LogP contribution in [-0.2, 0) is 12.8 Å². The molecule has 7 aromatic heterocycles. The van der Waals surface area contributed by atoms with Gasteiger partial charge in [-0.05, 0) is 169 Å². The van der Waals surface area contributed by atoms with E-state index in [4.69, 9.17) is 0 Å². The maximum absolute atomic E-state index is 2.44. The van der Waals surface area contributed by atoms with Crippen LogP contribution in [0.4, 0.5) is 34.1 Å². The van der Waals surface area contributed by atoms with E-state index in [9.17, 15) is 0 Å². The van der Waals surface area contributed by atoms with E-state index in [0.29, 0.717) is 0 Å². The monoisotopic (exact) mass is 1260 g/mol. The van der Waals surface area contributed by atoms with Crippen molar-refractivity contribution in [2.24, 2.45) is 0 Å². The predicted molar refractivity (Wildman–Crippen MR) is 392 cm³/mol. The number of para-hydroxylation sites is 4. The van der Waals surface area contributed by atoms with Gasteiger partial charge in [-0.2, -0.15) is 0 Å². The van der Waals surface area contributed by atoms with E-state index >= 15 is 0 Å². The molecule has 0 fully saturated rings. The summed E-state index contributed by atoms with van der Waals surface area (Å²) in [5.41, 5.74) is 12.6. The van der Waals surface area contributed by atoms with E-state index in [1.165, 1.54) is 159 Å². The minimum atomic E-state index is 1.15. The predicted octanol–water partition coefficient (Wildman–Crippen LogP) is 28.0. The van der Waals surface area contributed by atoms with Gasteiger partial charge in [0, 0.05) is 82.9 Å². The number of hydrogen-bond donors (Lipinski definition) is 0. The number of aryl methyl sites for hydroxylation is 2. The first-order valence-electron chi connectivity index (χ1n) is 31.5. The number of thiophene rings is 7. The average molecular weight is 1260 g/mol. The molecule has 0 saturated heterocycles. The number of unbranched alkanes of at least 4 members (excludes halogenated alkanes) is 12. The maximum Gasteiger partial charge on any atom is 0.0639 e. The van der Waals surface area contributed by atoms with Crippen LogP contribution in [0, 0.1) is 0 Å².